The van der Waals surface area contributed by atoms with E-state index < -0.39 is 11.7 Å². The highest BCUT2D eigenvalue weighted by molar-refractivity contribution is 7.19. The van der Waals surface area contributed by atoms with Gasteiger partial charge in [-0.3, -0.25) is 0 Å². The average Bonchev–Trinajstić information content (AvgIpc) is 3.44. The SMILES string of the molecule is Cc1occc1-c1nnc2sc(-c3coc(-c4cccc(C(F)(F)F)c4)c3)nn12. The summed E-state index contributed by atoms with van der Waals surface area (Å²) >= 11 is 1.30. The molecule has 5 rings (SSSR count). The lowest BCUT2D eigenvalue weighted by Crippen LogP contribution is -2.04. The van der Waals surface area contributed by atoms with Crippen LogP contribution in [0.1, 0.15) is 11.3 Å². The molecule has 4 aromatic heterocycles. The van der Waals surface area contributed by atoms with Crippen LogP contribution >= 0.6 is 11.3 Å². The molecule has 0 spiro atoms. The van der Waals surface area contributed by atoms with Crippen LogP contribution in [0.3, 0.4) is 0 Å². The highest BCUT2D eigenvalue weighted by Gasteiger charge is 2.30. The first-order chi connectivity index (χ1) is 13.9. The van der Waals surface area contributed by atoms with Gasteiger partial charge >= 0.3 is 6.18 Å². The summed E-state index contributed by atoms with van der Waals surface area (Å²) in [6.07, 6.45) is -1.39. The van der Waals surface area contributed by atoms with Crippen molar-refractivity contribution >= 4 is 16.3 Å². The molecule has 0 amide bonds. The van der Waals surface area contributed by atoms with Crippen LogP contribution in [-0.2, 0) is 6.18 Å². The Morgan fingerprint density at radius 2 is 1.90 bits per heavy atom. The summed E-state index contributed by atoms with van der Waals surface area (Å²) in [4.78, 5) is 0.581. The van der Waals surface area contributed by atoms with Crippen molar-refractivity contribution in [3.8, 4) is 33.3 Å². The van der Waals surface area contributed by atoms with Crippen molar-refractivity contribution in [3.05, 3.63) is 60.2 Å². The van der Waals surface area contributed by atoms with Gasteiger partial charge in [-0.1, -0.05) is 23.5 Å². The van der Waals surface area contributed by atoms with E-state index in [1.807, 2.05) is 6.92 Å². The van der Waals surface area contributed by atoms with E-state index >= 15 is 0 Å². The first kappa shape index (κ1) is 17.7. The highest BCUT2D eigenvalue weighted by Crippen LogP contribution is 2.35. The minimum atomic E-state index is -4.42. The number of benzene rings is 1. The fraction of sp³-hybridized carbons (Fsp3) is 0.105. The average molecular weight is 416 g/mol. The van der Waals surface area contributed by atoms with Crippen LogP contribution in [0.15, 0.2) is 57.8 Å². The van der Waals surface area contributed by atoms with Gasteiger partial charge in [-0.25, -0.2) is 0 Å². The Hall–Kier alpha value is -3.40. The Morgan fingerprint density at radius 3 is 2.66 bits per heavy atom. The number of hydrogen-bond donors (Lipinski definition) is 0. The largest absolute Gasteiger partial charge is 0.469 e. The van der Waals surface area contributed by atoms with Crippen LogP contribution in [0.25, 0.3) is 38.2 Å². The number of fused-ring (bicyclic) bond motifs is 1. The number of hydrogen-bond acceptors (Lipinski definition) is 6. The molecular weight excluding hydrogens is 405 g/mol. The minimum absolute atomic E-state index is 0.322. The Balaban J connectivity index is 1.52. The van der Waals surface area contributed by atoms with E-state index in [1.165, 1.54) is 23.7 Å². The van der Waals surface area contributed by atoms with E-state index in [4.69, 9.17) is 8.83 Å². The molecule has 0 atom stereocenters. The number of halogens is 3. The van der Waals surface area contributed by atoms with Crippen molar-refractivity contribution in [2.75, 3.05) is 0 Å². The molecule has 1 aromatic carbocycles. The second-order valence-electron chi connectivity index (χ2n) is 6.29. The first-order valence-electron chi connectivity index (χ1n) is 8.43. The normalized spacial score (nSPS) is 12.1. The molecule has 0 fully saturated rings. The highest BCUT2D eigenvalue weighted by atomic mass is 32.1. The van der Waals surface area contributed by atoms with E-state index in [0.717, 1.165) is 17.7 Å². The molecule has 146 valence electrons. The first-order valence-corrected chi connectivity index (χ1v) is 9.25. The molecule has 4 heterocycles. The Kier molecular flexibility index (Phi) is 3.85. The summed E-state index contributed by atoms with van der Waals surface area (Å²) in [7, 11) is 0. The number of alkyl halides is 3. The third-order valence-electron chi connectivity index (χ3n) is 4.41. The smallest absolute Gasteiger partial charge is 0.416 e. The van der Waals surface area contributed by atoms with Gasteiger partial charge in [0.1, 0.15) is 17.8 Å². The molecule has 0 aliphatic heterocycles. The van der Waals surface area contributed by atoms with Crippen LogP contribution in [0, 0.1) is 6.92 Å². The van der Waals surface area contributed by atoms with Crippen LogP contribution in [0.4, 0.5) is 13.2 Å². The fourth-order valence-electron chi connectivity index (χ4n) is 2.97. The Labute approximate surface area is 165 Å². The van der Waals surface area contributed by atoms with Crippen LogP contribution in [-0.4, -0.2) is 19.8 Å². The molecule has 6 nitrogen and oxygen atoms in total. The second kappa shape index (κ2) is 6.31. The summed E-state index contributed by atoms with van der Waals surface area (Å²) in [5, 5.41) is 13.4. The second-order valence-corrected chi connectivity index (χ2v) is 7.25. The number of furan rings is 2. The van der Waals surface area contributed by atoms with Crippen molar-refractivity contribution < 1.29 is 22.0 Å². The van der Waals surface area contributed by atoms with Crippen molar-refractivity contribution in [1.82, 2.24) is 19.8 Å². The molecule has 10 heteroatoms. The van der Waals surface area contributed by atoms with Gasteiger partial charge in [-0.15, -0.1) is 10.2 Å². The number of aromatic nitrogens is 4. The predicted octanol–water partition coefficient (Wildman–Crippen LogP) is 5.70. The molecule has 0 radical (unpaired) electrons. The zero-order chi connectivity index (χ0) is 20.2. The molecule has 0 saturated carbocycles. The third-order valence-corrected chi connectivity index (χ3v) is 5.36. The van der Waals surface area contributed by atoms with Crippen molar-refractivity contribution in [3.63, 3.8) is 0 Å². The van der Waals surface area contributed by atoms with E-state index in [2.05, 4.69) is 15.3 Å². The minimum Gasteiger partial charge on any atom is -0.469 e. The molecule has 0 bridgehead atoms. The topological polar surface area (TPSA) is 69.4 Å². The standard InChI is InChI=1S/C19H11F3N4O2S/c1-10-14(5-6-27-10)16-23-24-18-26(16)25-17(29-18)12-8-15(28-9-12)11-3-2-4-13(7-11)19(20,21)22/h2-9H,1H3. The van der Waals surface area contributed by atoms with Crippen LogP contribution < -0.4 is 0 Å². The lowest BCUT2D eigenvalue weighted by molar-refractivity contribution is -0.137. The van der Waals surface area contributed by atoms with E-state index in [1.54, 1.807) is 29.0 Å². The van der Waals surface area contributed by atoms with Gasteiger partial charge in [0.25, 0.3) is 0 Å². The molecule has 5 aromatic rings. The summed E-state index contributed by atoms with van der Waals surface area (Å²) in [5.74, 6) is 1.57. The van der Waals surface area contributed by atoms with Gasteiger partial charge in [-0.05, 0) is 31.2 Å². The Morgan fingerprint density at radius 1 is 1.03 bits per heavy atom. The lowest BCUT2D eigenvalue weighted by Gasteiger charge is -2.07. The van der Waals surface area contributed by atoms with Gasteiger partial charge in [0, 0.05) is 5.56 Å². The molecule has 0 aliphatic carbocycles. The number of nitrogens with zero attached hydrogens (tertiary/aromatic N) is 4. The quantitative estimate of drug-likeness (QED) is 0.377. The Bertz CT molecular complexity index is 1330. The zero-order valence-electron chi connectivity index (χ0n) is 14.8. The molecule has 0 unspecified atom stereocenters. The zero-order valence-corrected chi connectivity index (χ0v) is 15.6. The van der Waals surface area contributed by atoms with Gasteiger partial charge in [0.15, 0.2) is 10.8 Å². The molecular formula is C19H11F3N4O2S. The van der Waals surface area contributed by atoms with E-state index in [0.29, 0.717) is 38.4 Å². The van der Waals surface area contributed by atoms with Crippen molar-refractivity contribution in [1.29, 1.82) is 0 Å². The lowest BCUT2D eigenvalue weighted by atomic mass is 10.1. The van der Waals surface area contributed by atoms with Gasteiger partial charge in [0.2, 0.25) is 4.96 Å². The molecule has 29 heavy (non-hydrogen) atoms. The number of rotatable bonds is 3. The van der Waals surface area contributed by atoms with Crippen LogP contribution in [0.2, 0.25) is 0 Å². The van der Waals surface area contributed by atoms with Crippen LogP contribution in [0.5, 0.6) is 0 Å². The maximum absolute atomic E-state index is 13.0. The monoisotopic (exact) mass is 416 g/mol. The summed E-state index contributed by atoms with van der Waals surface area (Å²) in [6, 6.07) is 8.44. The third kappa shape index (κ3) is 3.01. The van der Waals surface area contributed by atoms with E-state index in [9.17, 15) is 13.2 Å². The fourth-order valence-corrected chi connectivity index (χ4v) is 3.78. The molecule has 0 saturated heterocycles. The van der Waals surface area contributed by atoms with E-state index in [-0.39, 0.29) is 0 Å². The van der Waals surface area contributed by atoms with Crippen molar-refractivity contribution in [2.45, 2.75) is 13.1 Å². The maximum atomic E-state index is 13.0. The molecule has 0 N–H and O–H groups in total. The maximum Gasteiger partial charge on any atom is 0.416 e. The van der Waals surface area contributed by atoms with Crippen molar-refractivity contribution in [2.24, 2.45) is 0 Å². The summed E-state index contributed by atoms with van der Waals surface area (Å²) in [5.41, 5.74) is 1.03. The van der Waals surface area contributed by atoms with Gasteiger partial charge < -0.3 is 8.83 Å². The van der Waals surface area contributed by atoms with Gasteiger partial charge in [-0.2, -0.15) is 22.8 Å². The van der Waals surface area contributed by atoms with Gasteiger partial charge in [0.05, 0.1) is 23.0 Å². The predicted molar refractivity (Wildman–Crippen MR) is 99.2 cm³/mol. The molecule has 0 aliphatic rings. The summed E-state index contributed by atoms with van der Waals surface area (Å²) < 4.78 is 51.3. The number of aryl methyl sites for hydroxylation is 1. The summed E-state index contributed by atoms with van der Waals surface area (Å²) in [6.45, 7) is 1.82.